The lowest BCUT2D eigenvalue weighted by atomic mass is 9.71. The van der Waals surface area contributed by atoms with Gasteiger partial charge in [-0.25, -0.2) is 8.78 Å². The van der Waals surface area contributed by atoms with Crippen LogP contribution >= 0.6 is 11.6 Å². The second kappa shape index (κ2) is 12.1. The summed E-state index contributed by atoms with van der Waals surface area (Å²) in [7, 11) is 0. The second-order valence-corrected chi connectivity index (χ2v) is 11.8. The van der Waals surface area contributed by atoms with Crippen LogP contribution in [0, 0.1) is 29.1 Å². The zero-order valence-electron chi connectivity index (χ0n) is 22.3. The van der Waals surface area contributed by atoms with Crippen LogP contribution in [-0.2, 0) is 14.4 Å². The Morgan fingerprint density at radius 3 is 2.69 bits per heavy atom. The van der Waals surface area contributed by atoms with Crippen molar-refractivity contribution in [2.24, 2.45) is 17.8 Å². The number of amides is 3. The predicted octanol–water partition coefficient (Wildman–Crippen LogP) is 4.11. The number of nitrogens with zero attached hydrogens (tertiary/aromatic N) is 2. The number of benzene rings is 1. The van der Waals surface area contributed by atoms with Gasteiger partial charge in [-0.05, 0) is 62.6 Å². The summed E-state index contributed by atoms with van der Waals surface area (Å²) in [5.41, 5.74) is 0.616. The standard InChI is InChI=1S/C28H36ClF2N5O3/c1-16(2)11-23(34-19-7-3-6-18(29)13-19)27(39)36-21-8-9-22(28(30,31)14-21)24(36)26(38)35-20(15-32)12-17-5-4-10-33-25(17)37/h3,6-7,13,16-17,20-24,34H,4-5,8-12,14H2,1-2H3,(H,33,37)(H,35,38)/t17-,20-,21-,22-,23+,24+/m0/s1. The number of anilines is 1. The van der Waals surface area contributed by atoms with Gasteiger partial charge in [0.15, 0.2) is 0 Å². The van der Waals surface area contributed by atoms with Gasteiger partial charge in [0, 0.05) is 35.6 Å². The fourth-order valence-electron chi connectivity index (χ4n) is 6.22. The average molecular weight is 564 g/mol. The van der Waals surface area contributed by atoms with Gasteiger partial charge in [-0.2, -0.15) is 5.26 Å². The van der Waals surface area contributed by atoms with Crippen LogP contribution in [0.2, 0.25) is 5.02 Å². The summed E-state index contributed by atoms with van der Waals surface area (Å²) in [6.07, 6.45) is 1.85. The van der Waals surface area contributed by atoms with Crippen molar-refractivity contribution in [3.8, 4) is 6.07 Å². The lowest BCUT2D eigenvalue weighted by molar-refractivity contribution is -0.194. The quantitative estimate of drug-likeness (QED) is 0.418. The number of nitriles is 1. The van der Waals surface area contributed by atoms with Crippen LogP contribution in [0.25, 0.3) is 0 Å². The van der Waals surface area contributed by atoms with E-state index in [1.807, 2.05) is 19.9 Å². The van der Waals surface area contributed by atoms with Crippen molar-refractivity contribution in [2.75, 3.05) is 11.9 Å². The Morgan fingerprint density at radius 1 is 1.28 bits per heavy atom. The van der Waals surface area contributed by atoms with Crippen LogP contribution in [0.5, 0.6) is 0 Å². The summed E-state index contributed by atoms with van der Waals surface area (Å²) in [6, 6.07) is 4.91. The molecular formula is C28H36ClF2N5O3. The van der Waals surface area contributed by atoms with E-state index in [-0.39, 0.29) is 24.7 Å². The number of alkyl halides is 2. The van der Waals surface area contributed by atoms with Gasteiger partial charge in [0.1, 0.15) is 18.1 Å². The molecule has 4 aliphatic rings. The molecule has 3 aliphatic heterocycles. The molecule has 3 saturated heterocycles. The molecular weight excluding hydrogens is 528 g/mol. The molecule has 39 heavy (non-hydrogen) atoms. The van der Waals surface area contributed by atoms with Crippen molar-refractivity contribution in [2.45, 2.75) is 88.9 Å². The van der Waals surface area contributed by atoms with Crippen molar-refractivity contribution in [3.63, 3.8) is 0 Å². The zero-order valence-corrected chi connectivity index (χ0v) is 23.0. The highest BCUT2D eigenvalue weighted by atomic mass is 35.5. The van der Waals surface area contributed by atoms with Gasteiger partial charge in [0.2, 0.25) is 17.7 Å². The first kappa shape index (κ1) is 29.1. The maximum Gasteiger partial charge on any atom is 0.255 e. The van der Waals surface area contributed by atoms with Crippen molar-refractivity contribution in [1.82, 2.24) is 15.5 Å². The Hall–Kier alpha value is -2.93. The van der Waals surface area contributed by atoms with Crippen molar-refractivity contribution >= 4 is 35.0 Å². The maximum atomic E-state index is 15.1. The van der Waals surface area contributed by atoms with Gasteiger partial charge in [0.25, 0.3) is 5.92 Å². The molecule has 3 heterocycles. The van der Waals surface area contributed by atoms with Gasteiger partial charge >= 0.3 is 0 Å². The summed E-state index contributed by atoms with van der Waals surface area (Å²) in [4.78, 5) is 41.2. The third kappa shape index (κ3) is 6.63. The van der Waals surface area contributed by atoms with E-state index >= 15 is 8.78 Å². The Kier molecular flexibility index (Phi) is 9.00. The van der Waals surface area contributed by atoms with Crippen LogP contribution in [0.1, 0.15) is 58.8 Å². The maximum absolute atomic E-state index is 15.1. The van der Waals surface area contributed by atoms with Crippen LogP contribution in [0.3, 0.4) is 0 Å². The summed E-state index contributed by atoms with van der Waals surface area (Å²) < 4.78 is 30.3. The monoisotopic (exact) mass is 563 g/mol. The molecule has 0 aromatic heterocycles. The molecule has 2 bridgehead atoms. The third-order valence-electron chi connectivity index (χ3n) is 8.02. The molecule has 11 heteroatoms. The molecule has 4 fully saturated rings. The SMILES string of the molecule is CC(C)C[C@@H](Nc1cccc(Cl)c1)C(=O)N1[C@H]2CC[C@@H]([C@@H]1C(=O)N[C@H](C#N)C[C@@H]1CCCNC1=O)C(F)(F)C2. The largest absolute Gasteiger partial charge is 0.374 e. The molecule has 0 spiro atoms. The number of carbonyl (C=O) groups excluding carboxylic acids is 3. The minimum absolute atomic E-state index is 0.0888. The first-order valence-electron chi connectivity index (χ1n) is 13.7. The van der Waals surface area contributed by atoms with Gasteiger partial charge in [-0.1, -0.05) is 31.5 Å². The minimum atomic E-state index is -3.11. The molecule has 3 N–H and O–H groups in total. The van der Waals surface area contributed by atoms with E-state index in [0.717, 1.165) is 6.42 Å². The number of hydrogen-bond acceptors (Lipinski definition) is 5. The fourth-order valence-corrected chi connectivity index (χ4v) is 6.41. The normalized spacial score (nSPS) is 27.3. The van der Waals surface area contributed by atoms with E-state index < -0.39 is 60.2 Å². The van der Waals surface area contributed by atoms with E-state index in [1.165, 1.54) is 4.90 Å². The molecule has 6 atom stereocenters. The number of rotatable bonds is 9. The number of hydrogen-bond donors (Lipinski definition) is 3. The van der Waals surface area contributed by atoms with Crippen LogP contribution in [0.15, 0.2) is 24.3 Å². The van der Waals surface area contributed by atoms with E-state index in [2.05, 4.69) is 16.0 Å². The summed E-state index contributed by atoms with van der Waals surface area (Å²) >= 11 is 6.13. The molecule has 5 rings (SSSR count). The summed E-state index contributed by atoms with van der Waals surface area (Å²) in [5, 5.41) is 18.8. The molecule has 1 aromatic carbocycles. The second-order valence-electron chi connectivity index (χ2n) is 11.4. The molecule has 3 amide bonds. The number of fused-ring (bicyclic) bond motifs is 3. The number of halogens is 3. The van der Waals surface area contributed by atoms with Crippen molar-refractivity contribution in [3.05, 3.63) is 29.3 Å². The number of nitrogens with one attached hydrogen (secondary N) is 3. The predicted molar refractivity (Wildman–Crippen MR) is 143 cm³/mol. The molecule has 1 aliphatic carbocycles. The lowest BCUT2D eigenvalue weighted by Crippen LogP contribution is -2.70. The smallest absolute Gasteiger partial charge is 0.255 e. The molecule has 0 unspecified atom stereocenters. The van der Waals surface area contributed by atoms with E-state index in [0.29, 0.717) is 36.5 Å². The Labute approximate surface area is 232 Å². The average Bonchev–Trinajstić information content (AvgIpc) is 2.87. The van der Waals surface area contributed by atoms with Gasteiger partial charge in [0.05, 0.1) is 12.0 Å². The summed E-state index contributed by atoms with van der Waals surface area (Å²) in [6.45, 7) is 4.48. The Bertz CT molecular complexity index is 1130. The van der Waals surface area contributed by atoms with Gasteiger partial charge < -0.3 is 20.9 Å². The zero-order chi connectivity index (χ0) is 28.3. The first-order valence-corrected chi connectivity index (χ1v) is 14.1. The Morgan fingerprint density at radius 2 is 2.05 bits per heavy atom. The van der Waals surface area contributed by atoms with Gasteiger partial charge in [-0.15, -0.1) is 0 Å². The van der Waals surface area contributed by atoms with Crippen molar-refractivity contribution in [1.29, 1.82) is 5.26 Å². The topological polar surface area (TPSA) is 114 Å². The van der Waals surface area contributed by atoms with Crippen molar-refractivity contribution < 1.29 is 23.2 Å². The molecule has 8 nitrogen and oxygen atoms in total. The van der Waals surface area contributed by atoms with Gasteiger partial charge in [-0.3, -0.25) is 14.4 Å². The van der Waals surface area contributed by atoms with Crippen LogP contribution in [-0.4, -0.2) is 59.3 Å². The highest BCUT2D eigenvalue weighted by molar-refractivity contribution is 6.30. The highest BCUT2D eigenvalue weighted by Crippen LogP contribution is 2.49. The first-order chi connectivity index (χ1) is 18.5. The number of carbonyl (C=O) groups is 3. The van der Waals surface area contributed by atoms with Crippen LogP contribution < -0.4 is 16.0 Å². The molecule has 212 valence electrons. The third-order valence-corrected chi connectivity index (χ3v) is 8.26. The van der Waals surface area contributed by atoms with E-state index in [9.17, 15) is 19.6 Å². The lowest BCUT2D eigenvalue weighted by Gasteiger charge is -2.54. The summed E-state index contributed by atoms with van der Waals surface area (Å²) in [5.74, 6) is -6.18. The van der Waals surface area contributed by atoms with Crippen LogP contribution in [0.4, 0.5) is 14.5 Å². The van der Waals surface area contributed by atoms with E-state index in [1.54, 1.807) is 24.3 Å². The fraction of sp³-hybridized carbons (Fsp3) is 0.643. The molecule has 1 aromatic rings. The molecule has 0 radical (unpaired) electrons. The highest BCUT2D eigenvalue weighted by Gasteiger charge is 2.61. The Balaban J connectivity index is 1.58. The minimum Gasteiger partial charge on any atom is -0.374 e. The van der Waals surface area contributed by atoms with E-state index in [4.69, 9.17) is 11.6 Å². The molecule has 1 saturated carbocycles. The number of piperidine rings is 3.